The van der Waals surface area contributed by atoms with Gasteiger partial charge < -0.3 is 5.32 Å². The van der Waals surface area contributed by atoms with Crippen molar-refractivity contribution in [2.75, 3.05) is 6.54 Å². The average molecular weight is 254 g/mol. The predicted octanol–water partition coefficient (Wildman–Crippen LogP) is 2.62. The molecule has 0 aliphatic heterocycles. The summed E-state index contributed by atoms with van der Waals surface area (Å²) < 4.78 is 1.95. The zero-order valence-corrected chi connectivity index (χ0v) is 11.1. The molecule has 2 aliphatic rings. The van der Waals surface area contributed by atoms with Crippen LogP contribution in [0.4, 0.5) is 0 Å². The maximum Gasteiger partial charge on any atom is 0.0814 e. The topological polar surface area (TPSA) is 29.9 Å². The molecule has 0 radical (unpaired) electrons. The van der Waals surface area contributed by atoms with E-state index in [-0.39, 0.29) is 0 Å². The first-order valence-corrected chi connectivity index (χ1v) is 7.05. The zero-order chi connectivity index (χ0) is 11.8. The number of halogens is 1. The summed E-state index contributed by atoms with van der Waals surface area (Å²) in [6.45, 7) is 3.88. The summed E-state index contributed by atoms with van der Waals surface area (Å²) in [4.78, 5) is 0. The number of hydrogen-bond donors (Lipinski definition) is 1. The van der Waals surface area contributed by atoms with Gasteiger partial charge in [-0.05, 0) is 44.4 Å². The Morgan fingerprint density at radius 2 is 2.06 bits per heavy atom. The summed E-state index contributed by atoms with van der Waals surface area (Å²) in [5, 5.41) is 8.86. The van der Waals surface area contributed by atoms with E-state index in [4.69, 9.17) is 11.6 Å². The average Bonchev–Trinajstić information content (AvgIpc) is 3.16. The van der Waals surface area contributed by atoms with Crippen molar-refractivity contribution in [3.05, 3.63) is 16.9 Å². The van der Waals surface area contributed by atoms with Crippen molar-refractivity contribution >= 4 is 11.6 Å². The van der Waals surface area contributed by atoms with Crippen molar-refractivity contribution in [2.45, 2.75) is 45.2 Å². The van der Waals surface area contributed by atoms with Crippen LogP contribution < -0.4 is 5.32 Å². The molecular weight excluding hydrogens is 234 g/mol. The van der Waals surface area contributed by atoms with Crippen molar-refractivity contribution in [1.82, 2.24) is 15.1 Å². The van der Waals surface area contributed by atoms with Crippen LogP contribution >= 0.6 is 11.6 Å². The van der Waals surface area contributed by atoms with Crippen LogP contribution in [0.2, 0.25) is 5.02 Å². The highest BCUT2D eigenvalue weighted by Gasteiger charge is 2.40. The Morgan fingerprint density at radius 3 is 2.53 bits per heavy atom. The van der Waals surface area contributed by atoms with Crippen LogP contribution in [0.15, 0.2) is 6.20 Å². The van der Waals surface area contributed by atoms with Gasteiger partial charge in [0.2, 0.25) is 0 Å². The van der Waals surface area contributed by atoms with E-state index in [9.17, 15) is 0 Å². The van der Waals surface area contributed by atoms with Gasteiger partial charge in [-0.15, -0.1) is 0 Å². The summed E-state index contributed by atoms with van der Waals surface area (Å²) in [6.07, 6.45) is 7.64. The lowest BCUT2D eigenvalue weighted by atomic mass is 10.1. The van der Waals surface area contributed by atoms with Gasteiger partial charge in [-0.25, -0.2) is 0 Å². The lowest BCUT2D eigenvalue weighted by Crippen LogP contribution is -2.35. The van der Waals surface area contributed by atoms with Crippen LogP contribution in [-0.2, 0) is 6.54 Å². The second-order valence-corrected chi connectivity index (χ2v) is 5.89. The Labute approximate surface area is 108 Å². The Kier molecular flexibility index (Phi) is 3.14. The molecule has 17 heavy (non-hydrogen) atoms. The molecule has 0 aromatic carbocycles. The van der Waals surface area contributed by atoms with Gasteiger partial charge in [0.25, 0.3) is 0 Å². The fourth-order valence-corrected chi connectivity index (χ4v) is 2.73. The smallest absolute Gasteiger partial charge is 0.0814 e. The summed E-state index contributed by atoms with van der Waals surface area (Å²) in [7, 11) is 0. The summed E-state index contributed by atoms with van der Waals surface area (Å²) in [5.74, 6) is 1.93. The van der Waals surface area contributed by atoms with Crippen LogP contribution in [0.5, 0.6) is 0 Å². The van der Waals surface area contributed by atoms with Crippen molar-refractivity contribution in [3.63, 3.8) is 0 Å². The highest BCUT2D eigenvalue weighted by Crippen LogP contribution is 2.44. The number of hydrogen-bond acceptors (Lipinski definition) is 2. The molecule has 2 saturated carbocycles. The van der Waals surface area contributed by atoms with Gasteiger partial charge in [-0.3, -0.25) is 4.68 Å². The lowest BCUT2D eigenvalue weighted by Gasteiger charge is -2.17. The largest absolute Gasteiger partial charge is 0.312 e. The molecule has 2 aliphatic carbocycles. The fraction of sp³-hybridized carbons (Fsp3) is 0.769. The molecule has 3 nitrogen and oxygen atoms in total. The van der Waals surface area contributed by atoms with E-state index in [1.807, 2.05) is 17.8 Å². The molecule has 0 bridgehead atoms. The van der Waals surface area contributed by atoms with E-state index < -0.39 is 0 Å². The molecule has 1 heterocycles. The van der Waals surface area contributed by atoms with Crippen molar-refractivity contribution in [1.29, 1.82) is 0 Å². The zero-order valence-electron chi connectivity index (χ0n) is 10.3. The molecule has 1 aromatic heterocycles. The van der Waals surface area contributed by atoms with Crippen LogP contribution in [0.3, 0.4) is 0 Å². The lowest BCUT2D eigenvalue weighted by molar-refractivity contribution is 0.400. The van der Waals surface area contributed by atoms with Crippen molar-refractivity contribution in [2.24, 2.45) is 11.8 Å². The Hall–Kier alpha value is -0.540. The van der Waals surface area contributed by atoms with Crippen LogP contribution in [0.25, 0.3) is 0 Å². The number of aromatic nitrogens is 2. The van der Waals surface area contributed by atoms with Crippen LogP contribution in [0.1, 0.15) is 31.4 Å². The van der Waals surface area contributed by atoms with Gasteiger partial charge in [0.1, 0.15) is 0 Å². The number of aryl methyl sites for hydroxylation is 1. The van der Waals surface area contributed by atoms with Gasteiger partial charge in [0.15, 0.2) is 0 Å². The highest BCUT2D eigenvalue weighted by atomic mass is 35.5. The molecule has 0 amide bonds. The van der Waals surface area contributed by atoms with Gasteiger partial charge in [0, 0.05) is 18.8 Å². The van der Waals surface area contributed by atoms with Crippen LogP contribution in [0, 0.1) is 18.8 Å². The molecule has 0 spiro atoms. The second-order valence-electron chi connectivity index (χ2n) is 5.48. The Balaban J connectivity index is 1.47. The maximum absolute atomic E-state index is 5.99. The molecule has 4 heteroatoms. The van der Waals surface area contributed by atoms with Gasteiger partial charge >= 0.3 is 0 Å². The molecule has 2 fully saturated rings. The summed E-state index contributed by atoms with van der Waals surface area (Å²) in [5.41, 5.74) is 0.924. The quantitative estimate of drug-likeness (QED) is 0.845. The van der Waals surface area contributed by atoms with E-state index in [1.54, 1.807) is 0 Å². The van der Waals surface area contributed by atoms with Gasteiger partial charge in [-0.2, -0.15) is 5.10 Å². The monoisotopic (exact) mass is 253 g/mol. The summed E-state index contributed by atoms with van der Waals surface area (Å²) in [6, 6.07) is 0.780. The first kappa shape index (κ1) is 11.5. The van der Waals surface area contributed by atoms with E-state index in [0.29, 0.717) is 0 Å². The fourth-order valence-electron chi connectivity index (χ4n) is 2.58. The molecule has 3 rings (SSSR count). The molecular formula is C13H20ClN3. The van der Waals surface area contributed by atoms with Crippen molar-refractivity contribution < 1.29 is 0 Å². The molecule has 1 N–H and O–H groups in total. The van der Waals surface area contributed by atoms with Gasteiger partial charge in [-0.1, -0.05) is 11.6 Å². The normalized spacial score (nSPS) is 20.2. The highest BCUT2D eigenvalue weighted by molar-refractivity contribution is 6.31. The Morgan fingerprint density at radius 1 is 1.41 bits per heavy atom. The minimum Gasteiger partial charge on any atom is -0.312 e. The first-order valence-electron chi connectivity index (χ1n) is 6.67. The predicted molar refractivity (Wildman–Crippen MR) is 69.2 cm³/mol. The number of rotatable bonds is 6. The van der Waals surface area contributed by atoms with E-state index >= 15 is 0 Å². The standard InChI is InChI=1S/C13H20ClN3/c1-9-12(14)8-17(16-9)7-6-15-13(10-2-3-10)11-4-5-11/h8,10-11,13,15H,2-7H2,1H3. The Bertz CT molecular complexity index is 362. The van der Waals surface area contributed by atoms with E-state index in [1.165, 1.54) is 25.7 Å². The molecule has 0 atom stereocenters. The molecule has 0 unspecified atom stereocenters. The van der Waals surface area contributed by atoms with Crippen molar-refractivity contribution in [3.8, 4) is 0 Å². The molecule has 0 saturated heterocycles. The second kappa shape index (κ2) is 4.62. The SMILES string of the molecule is Cc1nn(CCNC(C2CC2)C2CC2)cc1Cl. The molecule has 1 aromatic rings. The minimum absolute atomic E-state index is 0.769. The van der Waals surface area contributed by atoms with E-state index in [2.05, 4.69) is 10.4 Å². The van der Waals surface area contributed by atoms with Gasteiger partial charge in [0.05, 0.1) is 17.3 Å². The number of nitrogens with one attached hydrogen (secondary N) is 1. The third kappa shape index (κ3) is 2.83. The van der Waals surface area contributed by atoms with Crippen LogP contribution in [-0.4, -0.2) is 22.4 Å². The summed E-state index contributed by atoms with van der Waals surface area (Å²) >= 11 is 5.99. The third-order valence-electron chi connectivity index (χ3n) is 3.87. The molecule has 94 valence electrons. The third-order valence-corrected chi connectivity index (χ3v) is 4.24. The van der Waals surface area contributed by atoms with E-state index in [0.717, 1.165) is 41.7 Å². The maximum atomic E-state index is 5.99. The minimum atomic E-state index is 0.769. The number of nitrogens with zero attached hydrogens (tertiary/aromatic N) is 2. The first-order chi connectivity index (χ1) is 8.24.